The van der Waals surface area contributed by atoms with Crippen LogP contribution >= 0.6 is 0 Å². The first-order valence-electron chi connectivity index (χ1n) is 13.2. The van der Waals surface area contributed by atoms with Crippen molar-refractivity contribution in [1.29, 1.82) is 0 Å². The van der Waals surface area contributed by atoms with Gasteiger partial charge in [0, 0.05) is 12.5 Å². The van der Waals surface area contributed by atoms with Crippen LogP contribution in [-0.4, -0.2) is 56.1 Å². The summed E-state index contributed by atoms with van der Waals surface area (Å²) in [7, 11) is -6.00. The van der Waals surface area contributed by atoms with Crippen LogP contribution in [-0.2, 0) is 31.2 Å². The van der Waals surface area contributed by atoms with Gasteiger partial charge in [0.15, 0.2) is 23.0 Å². The highest BCUT2D eigenvalue weighted by molar-refractivity contribution is 7.86. The fraction of sp³-hybridized carbons (Fsp3) is 0.300. The maximum Gasteiger partial charge on any atom is 0.418 e. The molecule has 3 aromatic carbocycles. The first kappa shape index (κ1) is 36.0. The Hall–Kier alpha value is -4.44. The van der Waals surface area contributed by atoms with Gasteiger partial charge in [-0.3, -0.25) is 4.79 Å². The van der Waals surface area contributed by atoms with E-state index in [1.807, 2.05) is 13.8 Å². The summed E-state index contributed by atoms with van der Waals surface area (Å²) in [6.45, 7) is 4.82. The molecule has 0 unspecified atom stereocenters. The topological polar surface area (TPSA) is 144 Å². The average Bonchev–Trinajstić information content (AvgIpc) is 2.90. The predicted molar refractivity (Wildman–Crippen MR) is 166 cm³/mol. The predicted octanol–water partition coefficient (Wildman–Crippen LogP) is 6.04. The molecule has 250 valence electrons. The zero-order valence-electron chi connectivity index (χ0n) is 25.9. The second kappa shape index (κ2) is 13.9. The van der Waals surface area contributed by atoms with Gasteiger partial charge in [0.1, 0.15) is 12.4 Å². The van der Waals surface area contributed by atoms with Gasteiger partial charge in [-0.2, -0.15) is 30.0 Å². The third kappa shape index (κ3) is 9.29. The van der Waals surface area contributed by atoms with Crippen LogP contribution in [0.15, 0.2) is 54.1 Å². The van der Waals surface area contributed by atoms with E-state index in [0.717, 1.165) is 44.3 Å². The maximum absolute atomic E-state index is 14.0. The van der Waals surface area contributed by atoms with Gasteiger partial charge in [0.25, 0.3) is 0 Å². The van der Waals surface area contributed by atoms with Gasteiger partial charge < -0.3 is 27.9 Å². The van der Waals surface area contributed by atoms with Crippen molar-refractivity contribution in [2.24, 2.45) is 0 Å². The van der Waals surface area contributed by atoms with Crippen molar-refractivity contribution < 1.29 is 57.4 Å². The third-order valence-corrected chi connectivity index (χ3v) is 6.96. The second-order valence-electron chi connectivity index (χ2n) is 10.1. The van der Waals surface area contributed by atoms with Crippen molar-refractivity contribution in [3.8, 4) is 51.0 Å². The summed E-state index contributed by atoms with van der Waals surface area (Å²) in [6, 6.07) is 8.43. The Bertz CT molecular complexity index is 1880. The van der Waals surface area contributed by atoms with Crippen molar-refractivity contribution in [3.63, 3.8) is 0 Å². The molecule has 3 aromatic rings. The standard InChI is InChI=1S/C30H32F3NO10S2/c1-17(2)12-13-42-24-11-9-20(15-25(24)43-45(6,36)37)27-26(40-4)16-21(28(41-5)29(27)44-46(7,38)39)19-8-10-23(34-18(3)35)22(14-19)30(31,32)33/h8-12,14-16H,13H2,1-7H3,(H,34,35). The fourth-order valence-electron chi connectivity index (χ4n) is 4.25. The van der Waals surface area contributed by atoms with E-state index in [0.29, 0.717) is 0 Å². The lowest BCUT2D eigenvalue weighted by atomic mass is 9.95. The Labute approximate surface area is 265 Å². The molecule has 1 N–H and O–H groups in total. The first-order valence-corrected chi connectivity index (χ1v) is 16.8. The lowest BCUT2D eigenvalue weighted by Gasteiger charge is -2.22. The number of anilines is 1. The Kier molecular flexibility index (Phi) is 10.9. The minimum absolute atomic E-state index is 0.0405. The van der Waals surface area contributed by atoms with Crippen molar-refractivity contribution in [2.45, 2.75) is 26.9 Å². The molecule has 46 heavy (non-hydrogen) atoms. The van der Waals surface area contributed by atoms with Crippen LogP contribution < -0.4 is 27.9 Å². The molecule has 0 fully saturated rings. The van der Waals surface area contributed by atoms with Gasteiger partial charge in [-0.25, -0.2) is 0 Å². The zero-order valence-corrected chi connectivity index (χ0v) is 27.5. The molecule has 0 atom stereocenters. The number of halogens is 3. The van der Waals surface area contributed by atoms with Crippen LogP contribution in [0, 0.1) is 0 Å². The van der Waals surface area contributed by atoms with E-state index in [9.17, 15) is 34.8 Å². The molecule has 0 saturated carbocycles. The Balaban J connectivity index is 2.40. The highest BCUT2D eigenvalue weighted by Crippen LogP contribution is 2.52. The van der Waals surface area contributed by atoms with Crippen molar-refractivity contribution in [3.05, 3.63) is 59.7 Å². The molecule has 0 aliphatic rings. The number of amides is 1. The molecule has 0 radical (unpaired) electrons. The number of allylic oxidation sites excluding steroid dienone is 1. The van der Waals surface area contributed by atoms with Crippen LogP contribution in [0.1, 0.15) is 26.3 Å². The normalized spacial score (nSPS) is 11.8. The minimum atomic E-state index is -4.89. The summed E-state index contributed by atoms with van der Waals surface area (Å²) in [5.41, 5.74) is -0.833. The number of ether oxygens (including phenoxy) is 3. The van der Waals surface area contributed by atoms with E-state index in [-0.39, 0.29) is 51.9 Å². The molecule has 0 aromatic heterocycles. The van der Waals surface area contributed by atoms with Gasteiger partial charge in [0.2, 0.25) is 5.91 Å². The smallest absolute Gasteiger partial charge is 0.418 e. The van der Waals surface area contributed by atoms with E-state index >= 15 is 0 Å². The van der Waals surface area contributed by atoms with E-state index in [1.54, 1.807) is 6.08 Å². The quantitative estimate of drug-likeness (QED) is 0.177. The van der Waals surface area contributed by atoms with Gasteiger partial charge in [0.05, 0.1) is 43.5 Å². The number of benzene rings is 3. The largest absolute Gasteiger partial charge is 0.496 e. The van der Waals surface area contributed by atoms with Gasteiger partial charge in [-0.05, 0) is 61.4 Å². The molecule has 0 heterocycles. The number of hydrogen-bond donors (Lipinski definition) is 1. The number of rotatable bonds is 12. The van der Waals surface area contributed by atoms with E-state index in [1.165, 1.54) is 37.4 Å². The van der Waals surface area contributed by atoms with Gasteiger partial charge in [-0.15, -0.1) is 0 Å². The highest BCUT2D eigenvalue weighted by atomic mass is 32.2. The highest BCUT2D eigenvalue weighted by Gasteiger charge is 2.35. The lowest BCUT2D eigenvalue weighted by Crippen LogP contribution is -2.14. The van der Waals surface area contributed by atoms with Crippen molar-refractivity contribution >= 4 is 31.8 Å². The van der Waals surface area contributed by atoms with Crippen LogP contribution in [0.5, 0.6) is 28.7 Å². The van der Waals surface area contributed by atoms with Crippen LogP contribution in [0.25, 0.3) is 22.3 Å². The average molecular weight is 688 g/mol. The van der Waals surface area contributed by atoms with Crippen LogP contribution in [0.3, 0.4) is 0 Å². The van der Waals surface area contributed by atoms with Crippen molar-refractivity contribution in [2.75, 3.05) is 38.7 Å². The summed E-state index contributed by atoms with van der Waals surface area (Å²) < 4.78 is 119. The van der Waals surface area contributed by atoms with E-state index in [2.05, 4.69) is 5.32 Å². The first-order chi connectivity index (χ1) is 21.2. The monoisotopic (exact) mass is 687 g/mol. The third-order valence-electron chi connectivity index (χ3n) is 6.01. The summed E-state index contributed by atoms with van der Waals surface area (Å²) in [5.74, 6) is -1.78. The summed E-state index contributed by atoms with van der Waals surface area (Å²) in [5, 5.41) is 2.14. The molecule has 3 rings (SSSR count). The zero-order chi connectivity index (χ0) is 34.6. The molecule has 0 spiro atoms. The molecule has 16 heteroatoms. The maximum atomic E-state index is 14.0. The number of carbonyl (C=O) groups excluding carboxylic acids is 1. The summed E-state index contributed by atoms with van der Waals surface area (Å²) >= 11 is 0. The van der Waals surface area contributed by atoms with E-state index < -0.39 is 49.3 Å². The van der Waals surface area contributed by atoms with Crippen LogP contribution in [0.2, 0.25) is 0 Å². The Morgan fingerprint density at radius 2 is 1.43 bits per heavy atom. The number of hydrogen-bond acceptors (Lipinski definition) is 10. The van der Waals surface area contributed by atoms with Gasteiger partial charge >= 0.3 is 26.4 Å². The molecule has 0 aliphatic heterocycles. The van der Waals surface area contributed by atoms with E-state index in [4.69, 9.17) is 22.6 Å². The Morgan fingerprint density at radius 1 is 0.804 bits per heavy atom. The molecular weight excluding hydrogens is 655 g/mol. The molecule has 0 aliphatic carbocycles. The summed E-state index contributed by atoms with van der Waals surface area (Å²) in [4.78, 5) is 11.5. The second-order valence-corrected chi connectivity index (χ2v) is 13.3. The van der Waals surface area contributed by atoms with Crippen LogP contribution in [0.4, 0.5) is 18.9 Å². The molecule has 0 saturated heterocycles. The Morgan fingerprint density at radius 3 is 1.96 bits per heavy atom. The molecule has 0 bridgehead atoms. The number of nitrogens with one attached hydrogen (secondary N) is 1. The minimum Gasteiger partial charge on any atom is -0.496 e. The SMILES string of the molecule is COc1cc(-c2ccc(NC(C)=O)c(C(F)(F)F)c2)c(OC)c(OS(C)(=O)=O)c1-c1ccc(OCC=C(C)C)c(OS(C)(=O)=O)c1. The fourth-order valence-corrected chi connectivity index (χ4v) is 5.17. The molecular formula is C30H32F3NO10S2. The molecule has 1 amide bonds. The lowest BCUT2D eigenvalue weighted by molar-refractivity contribution is -0.136. The number of methoxy groups -OCH3 is 2. The summed E-state index contributed by atoms with van der Waals surface area (Å²) in [6.07, 6.45) is -1.57. The van der Waals surface area contributed by atoms with Crippen molar-refractivity contribution in [1.82, 2.24) is 0 Å². The number of carbonyl (C=O) groups is 1. The number of alkyl halides is 3. The van der Waals surface area contributed by atoms with Gasteiger partial charge in [-0.1, -0.05) is 17.7 Å². The molecule has 11 nitrogen and oxygen atoms in total.